The molecular formula is C17H17NO4. The molecule has 1 fully saturated rings. The second-order valence-corrected chi connectivity index (χ2v) is 5.51. The summed E-state index contributed by atoms with van der Waals surface area (Å²) in [6.07, 6.45) is 2.35. The van der Waals surface area contributed by atoms with Crippen LogP contribution in [0.4, 0.5) is 0 Å². The minimum absolute atomic E-state index is 0.0968. The average molecular weight is 299 g/mol. The van der Waals surface area contributed by atoms with Gasteiger partial charge in [0.1, 0.15) is 5.76 Å². The number of carbonyl (C=O) groups is 2. The largest absolute Gasteiger partial charge is 0.481 e. The Morgan fingerprint density at radius 3 is 2.64 bits per heavy atom. The van der Waals surface area contributed by atoms with E-state index in [1.807, 2.05) is 12.1 Å². The first-order valence-corrected chi connectivity index (χ1v) is 7.25. The van der Waals surface area contributed by atoms with Crippen LogP contribution in [0.15, 0.2) is 53.1 Å². The lowest BCUT2D eigenvalue weighted by molar-refractivity contribution is -0.138. The van der Waals surface area contributed by atoms with Crippen LogP contribution in [0, 0.1) is 5.92 Å². The number of hydrogen-bond acceptors (Lipinski definition) is 3. The highest BCUT2D eigenvalue weighted by Crippen LogP contribution is 2.47. The number of carboxylic acid groups (broad SMARTS) is 1. The van der Waals surface area contributed by atoms with Gasteiger partial charge in [-0.25, -0.2) is 0 Å². The molecule has 1 aliphatic carbocycles. The fourth-order valence-corrected chi connectivity index (χ4v) is 2.67. The second-order valence-electron chi connectivity index (χ2n) is 5.51. The van der Waals surface area contributed by atoms with Gasteiger partial charge in [-0.05, 0) is 24.1 Å². The first-order valence-electron chi connectivity index (χ1n) is 7.25. The maximum atomic E-state index is 12.1. The Labute approximate surface area is 127 Å². The molecular weight excluding hydrogens is 282 g/mol. The lowest BCUT2D eigenvalue weighted by atomic mass is 9.99. The van der Waals surface area contributed by atoms with Crippen LogP contribution in [0.25, 0.3) is 0 Å². The predicted molar refractivity (Wildman–Crippen MR) is 79.4 cm³/mol. The predicted octanol–water partition coefficient (Wildman–Crippen LogP) is 2.37. The fourth-order valence-electron chi connectivity index (χ4n) is 2.67. The number of amides is 1. The first-order chi connectivity index (χ1) is 10.7. The van der Waals surface area contributed by atoms with Gasteiger partial charge >= 0.3 is 5.97 Å². The molecule has 5 nitrogen and oxygen atoms in total. The summed E-state index contributed by atoms with van der Waals surface area (Å²) < 4.78 is 5.30. The molecule has 0 saturated heterocycles. The molecule has 1 aromatic heterocycles. The number of benzene rings is 1. The molecule has 1 aliphatic rings. The molecule has 22 heavy (non-hydrogen) atoms. The van der Waals surface area contributed by atoms with E-state index in [9.17, 15) is 14.7 Å². The smallest absolute Gasteiger partial charge is 0.312 e. The summed E-state index contributed by atoms with van der Waals surface area (Å²) in [5.41, 5.74) is 0.689. The first kappa shape index (κ1) is 14.4. The van der Waals surface area contributed by atoms with Crippen molar-refractivity contribution in [2.75, 3.05) is 6.54 Å². The molecule has 3 atom stereocenters. The summed E-state index contributed by atoms with van der Waals surface area (Å²) in [6.45, 7) is 0.0968. The third-order valence-corrected chi connectivity index (χ3v) is 4.02. The van der Waals surface area contributed by atoms with Crippen molar-refractivity contribution < 1.29 is 19.1 Å². The third kappa shape index (κ3) is 3.03. The van der Waals surface area contributed by atoms with E-state index >= 15 is 0 Å². The summed E-state index contributed by atoms with van der Waals surface area (Å²) in [5, 5.41) is 12.1. The minimum Gasteiger partial charge on any atom is -0.481 e. The molecule has 1 saturated carbocycles. The molecule has 1 aromatic carbocycles. The van der Waals surface area contributed by atoms with Crippen molar-refractivity contribution in [3.05, 3.63) is 60.1 Å². The van der Waals surface area contributed by atoms with E-state index in [0.29, 0.717) is 5.56 Å². The number of carbonyl (C=O) groups excluding carboxylic acids is 1. The SMILES string of the molecule is O=C(O)[C@H](CNC(=O)[C@@H]1C[C@H]1c1ccco1)c1ccccc1. The number of rotatable bonds is 6. The zero-order valence-corrected chi connectivity index (χ0v) is 11.9. The Bertz CT molecular complexity index is 651. The lowest BCUT2D eigenvalue weighted by Crippen LogP contribution is -2.32. The highest BCUT2D eigenvalue weighted by Gasteiger charge is 2.45. The highest BCUT2D eigenvalue weighted by molar-refractivity contribution is 5.84. The van der Waals surface area contributed by atoms with Crippen LogP contribution in [0.2, 0.25) is 0 Å². The van der Waals surface area contributed by atoms with Gasteiger partial charge in [-0.1, -0.05) is 30.3 Å². The van der Waals surface area contributed by atoms with Crippen molar-refractivity contribution in [3.63, 3.8) is 0 Å². The van der Waals surface area contributed by atoms with E-state index in [-0.39, 0.29) is 24.3 Å². The molecule has 0 unspecified atom stereocenters. The van der Waals surface area contributed by atoms with Crippen LogP contribution in [0.5, 0.6) is 0 Å². The number of furan rings is 1. The number of hydrogen-bond donors (Lipinski definition) is 2. The molecule has 2 N–H and O–H groups in total. The number of aliphatic carboxylic acids is 1. The Kier molecular flexibility index (Phi) is 3.96. The maximum absolute atomic E-state index is 12.1. The maximum Gasteiger partial charge on any atom is 0.312 e. The lowest BCUT2D eigenvalue weighted by Gasteiger charge is -2.13. The summed E-state index contributed by atoms with van der Waals surface area (Å²) in [7, 11) is 0. The zero-order chi connectivity index (χ0) is 15.5. The molecule has 1 heterocycles. The van der Waals surface area contributed by atoms with Crippen LogP contribution in [-0.2, 0) is 9.59 Å². The van der Waals surface area contributed by atoms with Crippen molar-refractivity contribution >= 4 is 11.9 Å². The molecule has 0 spiro atoms. The van der Waals surface area contributed by atoms with Crippen molar-refractivity contribution in [2.45, 2.75) is 18.3 Å². The molecule has 0 radical (unpaired) electrons. The Balaban J connectivity index is 1.57. The topological polar surface area (TPSA) is 79.5 Å². The summed E-state index contributed by atoms with van der Waals surface area (Å²) in [4.78, 5) is 23.5. The zero-order valence-electron chi connectivity index (χ0n) is 11.9. The quantitative estimate of drug-likeness (QED) is 0.858. The standard InChI is InChI=1S/C17H17NO4/c19-16(13-9-12(13)15-7-4-8-22-15)18-10-14(17(20)21)11-5-2-1-3-6-11/h1-8,12-14H,9-10H2,(H,18,19)(H,20,21)/t12-,13-,14-/m1/s1. The summed E-state index contributed by atoms with van der Waals surface area (Å²) >= 11 is 0. The van der Waals surface area contributed by atoms with Crippen LogP contribution < -0.4 is 5.32 Å². The van der Waals surface area contributed by atoms with E-state index in [1.165, 1.54) is 0 Å². The Morgan fingerprint density at radius 2 is 2.00 bits per heavy atom. The van der Waals surface area contributed by atoms with Crippen molar-refractivity contribution in [1.82, 2.24) is 5.32 Å². The van der Waals surface area contributed by atoms with Gasteiger partial charge in [0.05, 0.1) is 12.2 Å². The van der Waals surface area contributed by atoms with Gasteiger partial charge in [0.25, 0.3) is 0 Å². The van der Waals surface area contributed by atoms with Gasteiger partial charge in [0.15, 0.2) is 0 Å². The number of carboxylic acids is 1. The van der Waals surface area contributed by atoms with Gasteiger partial charge in [0, 0.05) is 18.4 Å². The molecule has 0 bridgehead atoms. The van der Waals surface area contributed by atoms with Crippen LogP contribution in [-0.4, -0.2) is 23.5 Å². The van der Waals surface area contributed by atoms with Crippen molar-refractivity contribution in [3.8, 4) is 0 Å². The van der Waals surface area contributed by atoms with E-state index in [2.05, 4.69) is 5.32 Å². The Morgan fingerprint density at radius 1 is 1.23 bits per heavy atom. The van der Waals surface area contributed by atoms with Crippen molar-refractivity contribution in [1.29, 1.82) is 0 Å². The average Bonchev–Trinajstić information content (AvgIpc) is 3.14. The monoisotopic (exact) mass is 299 g/mol. The fraction of sp³-hybridized carbons (Fsp3) is 0.294. The van der Waals surface area contributed by atoms with E-state index < -0.39 is 11.9 Å². The molecule has 114 valence electrons. The van der Waals surface area contributed by atoms with Gasteiger partial charge in [0.2, 0.25) is 5.91 Å². The van der Waals surface area contributed by atoms with E-state index in [0.717, 1.165) is 12.2 Å². The van der Waals surface area contributed by atoms with Crippen LogP contribution in [0.1, 0.15) is 29.6 Å². The summed E-state index contributed by atoms with van der Waals surface area (Å²) in [5.74, 6) is -0.955. The molecule has 1 amide bonds. The van der Waals surface area contributed by atoms with Crippen LogP contribution in [0.3, 0.4) is 0 Å². The minimum atomic E-state index is -0.940. The third-order valence-electron chi connectivity index (χ3n) is 4.02. The second kappa shape index (κ2) is 6.05. The van der Waals surface area contributed by atoms with E-state index in [1.54, 1.807) is 36.6 Å². The highest BCUT2D eigenvalue weighted by atomic mass is 16.4. The van der Waals surface area contributed by atoms with Gasteiger partial charge in [-0.3, -0.25) is 9.59 Å². The Hall–Kier alpha value is -2.56. The van der Waals surface area contributed by atoms with Gasteiger partial charge in [-0.2, -0.15) is 0 Å². The van der Waals surface area contributed by atoms with Gasteiger partial charge in [-0.15, -0.1) is 0 Å². The summed E-state index contributed by atoms with van der Waals surface area (Å²) in [6, 6.07) is 12.6. The molecule has 3 rings (SSSR count). The van der Waals surface area contributed by atoms with Crippen molar-refractivity contribution in [2.24, 2.45) is 5.92 Å². The van der Waals surface area contributed by atoms with Crippen LogP contribution >= 0.6 is 0 Å². The molecule has 5 heteroatoms. The molecule has 0 aliphatic heterocycles. The van der Waals surface area contributed by atoms with E-state index in [4.69, 9.17) is 4.42 Å². The normalized spacial score (nSPS) is 21.1. The number of nitrogens with one attached hydrogen (secondary N) is 1. The molecule has 2 aromatic rings. The van der Waals surface area contributed by atoms with Gasteiger partial charge < -0.3 is 14.8 Å².